The summed E-state index contributed by atoms with van der Waals surface area (Å²) in [7, 11) is 1.74. The highest BCUT2D eigenvalue weighted by atomic mass is 16.5. The normalized spacial score (nSPS) is 11.9. The van der Waals surface area contributed by atoms with E-state index in [0.29, 0.717) is 30.7 Å². The summed E-state index contributed by atoms with van der Waals surface area (Å²) in [6.45, 7) is 6.65. The lowest BCUT2D eigenvalue weighted by Gasteiger charge is -2.13. The first-order valence-electron chi connectivity index (χ1n) is 5.38. The molecule has 0 aliphatic heterocycles. The summed E-state index contributed by atoms with van der Waals surface area (Å²) in [4.78, 5) is 8.21. The zero-order valence-electron chi connectivity index (χ0n) is 10.2. The van der Waals surface area contributed by atoms with Crippen LogP contribution in [-0.2, 0) is 6.42 Å². The third-order valence-corrected chi connectivity index (χ3v) is 1.85. The van der Waals surface area contributed by atoms with Gasteiger partial charge >= 0.3 is 0 Å². The monoisotopic (exact) mass is 225 g/mol. The maximum absolute atomic E-state index is 5.00. The van der Waals surface area contributed by atoms with Crippen molar-refractivity contribution in [2.24, 2.45) is 4.99 Å². The van der Waals surface area contributed by atoms with Gasteiger partial charge in [0.05, 0.1) is 0 Å². The molecule has 6 nitrogen and oxygen atoms in total. The maximum atomic E-state index is 5.00. The maximum Gasteiger partial charge on any atom is 0.228 e. The number of hydrogen-bond donors (Lipinski definition) is 2. The van der Waals surface area contributed by atoms with Crippen molar-refractivity contribution in [2.75, 3.05) is 13.6 Å². The van der Waals surface area contributed by atoms with E-state index in [2.05, 4.69) is 39.6 Å². The van der Waals surface area contributed by atoms with E-state index in [1.54, 1.807) is 14.0 Å². The molecular formula is C10H19N5O. The Bertz CT molecular complexity index is 345. The molecule has 1 aromatic rings. The second kappa shape index (κ2) is 6.09. The van der Waals surface area contributed by atoms with Crippen molar-refractivity contribution >= 4 is 5.96 Å². The third kappa shape index (κ3) is 4.29. The van der Waals surface area contributed by atoms with E-state index in [9.17, 15) is 0 Å². The van der Waals surface area contributed by atoms with Crippen molar-refractivity contribution in [3.05, 3.63) is 11.7 Å². The molecule has 0 fully saturated rings. The average molecular weight is 225 g/mol. The van der Waals surface area contributed by atoms with Crippen LogP contribution in [-0.4, -0.2) is 35.7 Å². The van der Waals surface area contributed by atoms with Gasteiger partial charge in [-0.15, -0.1) is 0 Å². The molecule has 16 heavy (non-hydrogen) atoms. The largest absolute Gasteiger partial charge is 0.356 e. The molecule has 0 saturated carbocycles. The number of nitrogens with zero attached hydrogens (tertiary/aromatic N) is 3. The molecule has 0 atom stereocenters. The van der Waals surface area contributed by atoms with Gasteiger partial charge in [-0.05, 0) is 20.8 Å². The smallest absolute Gasteiger partial charge is 0.228 e. The van der Waals surface area contributed by atoms with E-state index in [-0.39, 0.29) is 0 Å². The predicted molar refractivity (Wildman–Crippen MR) is 62.4 cm³/mol. The zero-order chi connectivity index (χ0) is 12.0. The molecule has 0 unspecified atom stereocenters. The summed E-state index contributed by atoms with van der Waals surface area (Å²) in [5.74, 6) is 2.09. The van der Waals surface area contributed by atoms with Gasteiger partial charge in [-0.1, -0.05) is 5.16 Å². The van der Waals surface area contributed by atoms with Gasteiger partial charge in [0.2, 0.25) is 5.89 Å². The van der Waals surface area contributed by atoms with Gasteiger partial charge in [0.1, 0.15) is 0 Å². The van der Waals surface area contributed by atoms with Gasteiger partial charge in [0, 0.05) is 26.1 Å². The highest BCUT2D eigenvalue weighted by molar-refractivity contribution is 5.79. The molecule has 1 heterocycles. The Labute approximate surface area is 95.5 Å². The first-order valence-corrected chi connectivity index (χ1v) is 5.38. The molecule has 0 saturated heterocycles. The van der Waals surface area contributed by atoms with Gasteiger partial charge in [0.15, 0.2) is 11.8 Å². The first-order chi connectivity index (χ1) is 7.61. The van der Waals surface area contributed by atoms with E-state index in [1.807, 2.05) is 0 Å². The fourth-order valence-corrected chi connectivity index (χ4v) is 1.20. The summed E-state index contributed by atoms with van der Waals surface area (Å²) < 4.78 is 5.00. The second-order valence-electron chi connectivity index (χ2n) is 3.78. The molecule has 0 aliphatic rings. The molecule has 2 N–H and O–H groups in total. The van der Waals surface area contributed by atoms with Crippen LogP contribution in [0.1, 0.15) is 25.6 Å². The summed E-state index contributed by atoms with van der Waals surface area (Å²) in [6, 6.07) is 0.358. The lowest BCUT2D eigenvalue weighted by molar-refractivity contribution is 0.374. The molecule has 0 amide bonds. The van der Waals surface area contributed by atoms with Gasteiger partial charge in [0.25, 0.3) is 0 Å². The third-order valence-electron chi connectivity index (χ3n) is 1.85. The van der Waals surface area contributed by atoms with Gasteiger partial charge in [-0.25, -0.2) is 0 Å². The Balaban J connectivity index is 2.29. The molecule has 0 aromatic carbocycles. The van der Waals surface area contributed by atoms with Crippen LogP contribution < -0.4 is 10.6 Å². The van der Waals surface area contributed by atoms with Crippen LogP contribution >= 0.6 is 0 Å². The average Bonchev–Trinajstić information content (AvgIpc) is 2.62. The number of guanidine groups is 1. The first kappa shape index (κ1) is 12.5. The molecule has 0 spiro atoms. The molecule has 1 rings (SSSR count). The standard InChI is InChI=1S/C10H19N5O/c1-7(2)13-10(11-4)12-6-5-9-14-8(3)15-16-9/h7H,5-6H2,1-4H3,(H2,11,12,13). The van der Waals surface area contributed by atoms with Crippen molar-refractivity contribution in [1.29, 1.82) is 0 Å². The molecule has 1 aromatic heterocycles. The lowest BCUT2D eigenvalue weighted by Crippen LogP contribution is -2.41. The van der Waals surface area contributed by atoms with Gasteiger partial charge in [-0.3, -0.25) is 4.99 Å². The van der Waals surface area contributed by atoms with E-state index in [1.165, 1.54) is 0 Å². The topological polar surface area (TPSA) is 75.3 Å². The zero-order valence-corrected chi connectivity index (χ0v) is 10.2. The number of aliphatic imine (C=N–C) groups is 1. The van der Waals surface area contributed by atoms with Gasteiger partial charge in [-0.2, -0.15) is 4.98 Å². The highest BCUT2D eigenvalue weighted by Gasteiger charge is 2.03. The van der Waals surface area contributed by atoms with Crippen LogP contribution in [0.4, 0.5) is 0 Å². The summed E-state index contributed by atoms with van der Waals surface area (Å²) in [6.07, 6.45) is 0.694. The lowest BCUT2D eigenvalue weighted by atomic mass is 10.4. The van der Waals surface area contributed by atoms with Crippen molar-refractivity contribution in [1.82, 2.24) is 20.8 Å². The molecule has 90 valence electrons. The molecule has 6 heteroatoms. The SMILES string of the molecule is CN=C(NCCc1nc(C)no1)NC(C)C. The molecule has 0 radical (unpaired) electrons. The summed E-state index contributed by atoms with van der Waals surface area (Å²) in [5, 5.41) is 10.1. The Kier molecular flexibility index (Phi) is 4.75. The minimum atomic E-state index is 0.358. The molecular weight excluding hydrogens is 206 g/mol. The van der Waals surface area contributed by atoms with Crippen LogP contribution in [0, 0.1) is 6.92 Å². The molecule has 0 aliphatic carbocycles. The van der Waals surface area contributed by atoms with Crippen LogP contribution in [0.2, 0.25) is 0 Å². The van der Waals surface area contributed by atoms with Crippen LogP contribution in [0.25, 0.3) is 0 Å². The minimum absolute atomic E-state index is 0.358. The van der Waals surface area contributed by atoms with Crippen LogP contribution in [0.3, 0.4) is 0 Å². The number of nitrogens with one attached hydrogen (secondary N) is 2. The fourth-order valence-electron chi connectivity index (χ4n) is 1.20. The number of aryl methyl sites for hydroxylation is 1. The van der Waals surface area contributed by atoms with Gasteiger partial charge < -0.3 is 15.2 Å². The van der Waals surface area contributed by atoms with E-state index < -0.39 is 0 Å². The van der Waals surface area contributed by atoms with Crippen LogP contribution in [0.5, 0.6) is 0 Å². The van der Waals surface area contributed by atoms with Crippen LogP contribution in [0.15, 0.2) is 9.52 Å². The number of rotatable bonds is 4. The van der Waals surface area contributed by atoms with Crippen molar-refractivity contribution < 1.29 is 4.52 Å². The summed E-state index contributed by atoms with van der Waals surface area (Å²) in [5.41, 5.74) is 0. The minimum Gasteiger partial charge on any atom is -0.356 e. The van der Waals surface area contributed by atoms with Crippen molar-refractivity contribution in [3.63, 3.8) is 0 Å². The number of aromatic nitrogens is 2. The van der Waals surface area contributed by atoms with Crippen molar-refractivity contribution in [3.8, 4) is 0 Å². The van der Waals surface area contributed by atoms with Crippen molar-refractivity contribution in [2.45, 2.75) is 33.2 Å². The quantitative estimate of drug-likeness (QED) is 0.576. The fraction of sp³-hybridized carbons (Fsp3) is 0.700. The summed E-state index contributed by atoms with van der Waals surface area (Å²) >= 11 is 0. The Morgan fingerprint density at radius 1 is 1.50 bits per heavy atom. The predicted octanol–water partition coefficient (Wildman–Crippen LogP) is 0.494. The molecule has 0 bridgehead atoms. The Hall–Kier alpha value is -1.59. The second-order valence-corrected chi connectivity index (χ2v) is 3.78. The Morgan fingerprint density at radius 3 is 2.75 bits per heavy atom. The van der Waals surface area contributed by atoms with E-state index in [4.69, 9.17) is 4.52 Å². The van der Waals surface area contributed by atoms with E-state index >= 15 is 0 Å². The highest BCUT2D eigenvalue weighted by Crippen LogP contribution is 1.95. The number of hydrogen-bond acceptors (Lipinski definition) is 4. The van der Waals surface area contributed by atoms with E-state index in [0.717, 1.165) is 5.96 Å². The Morgan fingerprint density at radius 2 is 2.25 bits per heavy atom.